The molecule has 0 aliphatic carbocycles. The quantitative estimate of drug-likeness (QED) is 0.416. The van der Waals surface area contributed by atoms with E-state index in [2.05, 4.69) is 22.4 Å². The normalized spacial score (nSPS) is 11.2. The summed E-state index contributed by atoms with van der Waals surface area (Å²) in [6, 6.07) is 25.8. The SMILES string of the molecule is O=C(Cn1nnc2ccccc21)N(CCc1ccccc1)c1nc2ccccc2s1. The van der Waals surface area contributed by atoms with E-state index in [1.165, 1.54) is 16.9 Å². The summed E-state index contributed by atoms with van der Waals surface area (Å²) in [6.45, 7) is 0.667. The summed E-state index contributed by atoms with van der Waals surface area (Å²) in [7, 11) is 0. The molecule has 0 saturated heterocycles. The Kier molecular flexibility index (Phi) is 4.94. The minimum Gasteiger partial charge on any atom is -0.286 e. The van der Waals surface area contributed by atoms with Crippen molar-refractivity contribution in [3.8, 4) is 0 Å². The Morgan fingerprint density at radius 3 is 2.47 bits per heavy atom. The molecular weight excluding hydrogens is 394 g/mol. The van der Waals surface area contributed by atoms with E-state index in [9.17, 15) is 4.79 Å². The zero-order chi connectivity index (χ0) is 20.3. The van der Waals surface area contributed by atoms with Gasteiger partial charge in [-0.05, 0) is 36.2 Å². The van der Waals surface area contributed by atoms with E-state index >= 15 is 0 Å². The molecule has 2 aromatic heterocycles. The minimum absolute atomic E-state index is 0.0550. The molecular formula is C23H19N5OS. The van der Waals surface area contributed by atoms with Gasteiger partial charge in [0.15, 0.2) is 5.13 Å². The molecule has 0 atom stereocenters. The van der Waals surface area contributed by atoms with Crippen molar-refractivity contribution < 1.29 is 4.79 Å². The van der Waals surface area contributed by atoms with Gasteiger partial charge in [0, 0.05) is 6.54 Å². The average molecular weight is 414 g/mol. The summed E-state index contributed by atoms with van der Waals surface area (Å²) < 4.78 is 2.72. The van der Waals surface area contributed by atoms with Gasteiger partial charge in [-0.15, -0.1) is 5.10 Å². The summed E-state index contributed by atoms with van der Waals surface area (Å²) >= 11 is 1.53. The lowest BCUT2D eigenvalue weighted by Gasteiger charge is -2.20. The van der Waals surface area contributed by atoms with Gasteiger partial charge >= 0.3 is 0 Å². The van der Waals surface area contributed by atoms with E-state index in [1.807, 2.05) is 66.7 Å². The largest absolute Gasteiger partial charge is 0.286 e. The molecule has 1 amide bonds. The number of hydrogen-bond acceptors (Lipinski definition) is 5. The zero-order valence-electron chi connectivity index (χ0n) is 16.2. The van der Waals surface area contributed by atoms with Gasteiger partial charge in [-0.1, -0.05) is 71.1 Å². The van der Waals surface area contributed by atoms with Crippen LogP contribution in [0, 0.1) is 0 Å². The molecule has 5 rings (SSSR count). The second-order valence-electron chi connectivity index (χ2n) is 6.98. The fourth-order valence-electron chi connectivity index (χ4n) is 3.44. The summed E-state index contributed by atoms with van der Waals surface area (Å²) in [4.78, 5) is 19.8. The van der Waals surface area contributed by atoms with Gasteiger partial charge < -0.3 is 0 Å². The average Bonchev–Trinajstić information content (AvgIpc) is 3.39. The Balaban J connectivity index is 1.45. The molecule has 0 spiro atoms. The van der Waals surface area contributed by atoms with Crippen LogP contribution in [0.15, 0.2) is 78.9 Å². The van der Waals surface area contributed by atoms with E-state index in [1.54, 1.807) is 9.58 Å². The number of thiazole rings is 1. The monoisotopic (exact) mass is 413 g/mol. The molecule has 0 radical (unpaired) electrons. The molecule has 3 aromatic carbocycles. The van der Waals surface area contributed by atoms with Crippen LogP contribution in [-0.4, -0.2) is 32.4 Å². The van der Waals surface area contributed by atoms with Gasteiger partial charge in [0.05, 0.1) is 15.7 Å². The van der Waals surface area contributed by atoms with Gasteiger partial charge in [-0.25, -0.2) is 9.67 Å². The molecule has 148 valence electrons. The number of aromatic nitrogens is 4. The minimum atomic E-state index is -0.0550. The Hall–Kier alpha value is -3.58. The summed E-state index contributed by atoms with van der Waals surface area (Å²) in [5.74, 6) is -0.0550. The Morgan fingerprint density at radius 1 is 0.900 bits per heavy atom. The molecule has 6 nitrogen and oxygen atoms in total. The lowest BCUT2D eigenvalue weighted by Crippen LogP contribution is -2.35. The lowest BCUT2D eigenvalue weighted by molar-refractivity contribution is -0.119. The number of hydrogen-bond donors (Lipinski definition) is 0. The maximum Gasteiger partial charge on any atom is 0.250 e. The van der Waals surface area contributed by atoms with Crippen molar-refractivity contribution in [1.82, 2.24) is 20.0 Å². The first-order valence-corrected chi connectivity index (χ1v) is 10.6. The number of anilines is 1. The second kappa shape index (κ2) is 8.04. The molecule has 0 aliphatic rings. The van der Waals surface area contributed by atoms with Crippen LogP contribution in [-0.2, 0) is 17.8 Å². The third kappa shape index (κ3) is 3.67. The van der Waals surface area contributed by atoms with Crippen molar-refractivity contribution >= 4 is 43.6 Å². The number of para-hydroxylation sites is 2. The fourth-order valence-corrected chi connectivity index (χ4v) is 4.44. The molecule has 5 aromatic rings. The number of carbonyl (C=O) groups is 1. The Morgan fingerprint density at radius 2 is 1.63 bits per heavy atom. The van der Waals surface area contributed by atoms with Gasteiger partial charge in [-0.2, -0.15) is 0 Å². The number of carbonyl (C=O) groups excluding carboxylic acids is 1. The predicted octanol–water partition coefficient (Wildman–Crippen LogP) is 4.32. The van der Waals surface area contributed by atoms with Crippen molar-refractivity contribution in [2.75, 3.05) is 11.4 Å². The van der Waals surface area contributed by atoms with Crippen LogP contribution in [0.5, 0.6) is 0 Å². The van der Waals surface area contributed by atoms with Crippen LogP contribution >= 0.6 is 11.3 Å². The van der Waals surface area contributed by atoms with Gasteiger partial charge in [0.2, 0.25) is 0 Å². The highest BCUT2D eigenvalue weighted by Gasteiger charge is 2.21. The standard InChI is InChI=1S/C23H19N5OS/c29-22(16-28-20-12-6-4-10-18(20)25-26-28)27(15-14-17-8-2-1-3-9-17)23-24-19-11-5-7-13-21(19)30-23/h1-13H,14-16H2. The Bertz CT molecular complexity index is 1280. The predicted molar refractivity (Wildman–Crippen MR) is 120 cm³/mol. The molecule has 30 heavy (non-hydrogen) atoms. The first-order valence-electron chi connectivity index (χ1n) is 9.76. The molecule has 0 unspecified atom stereocenters. The van der Waals surface area contributed by atoms with Crippen LogP contribution in [0.2, 0.25) is 0 Å². The lowest BCUT2D eigenvalue weighted by atomic mass is 10.1. The Labute approximate surface area is 177 Å². The third-order valence-electron chi connectivity index (χ3n) is 4.99. The van der Waals surface area contributed by atoms with Gasteiger partial charge in [0.1, 0.15) is 12.1 Å². The number of nitrogens with zero attached hydrogens (tertiary/aromatic N) is 5. The summed E-state index contributed by atoms with van der Waals surface area (Å²) in [6.07, 6.45) is 0.751. The maximum atomic E-state index is 13.4. The van der Waals surface area contributed by atoms with Crippen LogP contribution in [0.4, 0.5) is 5.13 Å². The number of fused-ring (bicyclic) bond motifs is 2. The van der Waals surface area contributed by atoms with Gasteiger partial charge in [-0.3, -0.25) is 9.69 Å². The molecule has 0 N–H and O–H groups in total. The van der Waals surface area contributed by atoms with Crippen molar-refractivity contribution in [2.24, 2.45) is 0 Å². The second-order valence-corrected chi connectivity index (χ2v) is 7.99. The third-order valence-corrected chi connectivity index (χ3v) is 6.05. The van der Waals surface area contributed by atoms with E-state index in [-0.39, 0.29) is 12.5 Å². The molecule has 2 heterocycles. The highest BCUT2D eigenvalue weighted by Crippen LogP contribution is 2.29. The molecule has 7 heteroatoms. The highest BCUT2D eigenvalue weighted by atomic mass is 32.1. The molecule has 0 fully saturated rings. The van der Waals surface area contributed by atoms with E-state index in [4.69, 9.17) is 4.98 Å². The van der Waals surface area contributed by atoms with Crippen molar-refractivity contribution in [3.05, 3.63) is 84.4 Å². The maximum absolute atomic E-state index is 13.4. The van der Waals surface area contributed by atoms with Crippen LogP contribution in [0.1, 0.15) is 5.56 Å². The fraction of sp³-hybridized carbons (Fsp3) is 0.130. The van der Waals surface area contributed by atoms with Crippen LogP contribution in [0.3, 0.4) is 0 Å². The highest BCUT2D eigenvalue weighted by molar-refractivity contribution is 7.22. The first kappa shape index (κ1) is 18.4. The number of rotatable bonds is 6. The van der Waals surface area contributed by atoms with Gasteiger partial charge in [0.25, 0.3) is 5.91 Å². The first-order chi connectivity index (χ1) is 14.8. The molecule has 0 aliphatic heterocycles. The van der Waals surface area contributed by atoms with E-state index < -0.39 is 0 Å². The van der Waals surface area contributed by atoms with Crippen molar-refractivity contribution in [1.29, 1.82) is 0 Å². The topological polar surface area (TPSA) is 63.9 Å². The number of benzene rings is 3. The number of amides is 1. The molecule has 0 saturated carbocycles. The summed E-state index contributed by atoms with van der Waals surface area (Å²) in [5.41, 5.74) is 3.71. The van der Waals surface area contributed by atoms with Crippen molar-refractivity contribution in [3.63, 3.8) is 0 Å². The zero-order valence-corrected chi connectivity index (χ0v) is 17.0. The smallest absolute Gasteiger partial charge is 0.250 e. The van der Waals surface area contributed by atoms with Crippen LogP contribution in [0.25, 0.3) is 21.3 Å². The summed E-state index contributed by atoms with van der Waals surface area (Å²) in [5, 5.41) is 9.05. The molecule has 0 bridgehead atoms. The van der Waals surface area contributed by atoms with Crippen LogP contribution < -0.4 is 4.90 Å². The van der Waals surface area contributed by atoms with Crippen molar-refractivity contribution in [2.45, 2.75) is 13.0 Å². The van der Waals surface area contributed by atoms with E-state index in [0.717, 1.165) is 27.7 Å². The van der Waals surface area contributed by atoms with E-state index in [0.29, 0.717) is 11.7 Å².